The number of nitrogens with zero attached hydrogens (tertiary/aromatic N) is 4. The molecule has 59 heavy (non-hydrogen) atoms. The lowest BCUT2D eigenvalue weighted by molar-refractivity contribution is -0.137. The van der Waals surface area contributed by atoms with Crippen LogP contribution in [-0.4, -0.2) is 134 Å². The summed E-state index contributed by atoms with van der Waals surface area (Å²) in [5.74, 6) is 0.148. The number of ether oxygens (including phenoxy) is 1. The first-order valence-corrected chi connectivity index (χ1v) is 25.8. The van der Waals surface area contributed by atoms with Gasteiger partial charge in [-0.1, -0.05) is 53.6 Å². The number of rotatable bonds is 24. The van der Waals surface area contributed by atoms with E-state index >= 15 is 0 Å². The van der Waals surface area contributed by atoms with E-state index in [9.17, 15) is 57.9 Å². The third kappa shape index (κ3) is 15.8. The van der Waals surface area contributed by atoms with Gasteiger partial charge in [-0.15, -0.1) is 0 Å². The van der Waals surface area contributed by atoms with E-state index in [1.807, 2.05) is 21.6 Å². The number of fused-ring (bicyclic) bond motifs is 1. The Kier molecular flexibility index (Phi) is 18.7. The maximum Gasteiger partial charge on any atom is 0.481 e. The molecule has 2 aromatic rings. The number of carbonyl (C=O) groups excluding carboxylic acids is 3. The lowest BCUT2D eigenvalue weighted by Crippen LogP contribution is -2.46. The van der Waals surface area contributed by atoms with Crippen LogP contribution in [0.25, 0.3) is 11.2 Å². The normalized spacial score (nSPS) is 23.8. The second-order valence-electron chi connectivity index (χ2n) is 13.9. The third-order valence-corrected chi connectivity index (χ3v) is 15.7. The van der Waals surface area contributed by atoms with Crippen LogP contribution in [0.15, 0.2) is 12.7 Å². The van der Waals surface area contributed by atoms with Gasteiger partial charge >= 0.3 is 23.5 Å². The molecule has 0 aromatic carbocycles. The predicted molar refractivity (Wildman–Crippen MR) is 214 cm³/mol. The molecule has 4 rings (SSSR count). The number of hydrogen-bond donors (Lipinski definition) is 9. The van der Waals surface area contributed by atoms with E-state index in [2.05, 4.69) is 34.4 Å². The van der Waals surface area contributed by atoms with E-state index in [1.54, 1.807) is 0 Å². The highest BCUT2D eigenvalue weighted by Crippen LogP contribution is 2.61. The van der Waals surface area contributed by atoms with Crippen LogP contribution in [0.4, 0.5) is 5.82 Å². The monoisotopic (exact) mass is 955 g/mol. The highest BCUT2D eigenvalue weighted by Gasteiger charge is 2.50. The molecule has 8 unspecified atom stereocenters. The first kappa shape index (κ1) is 49.9. The van der Waals surface area contributed by atoms with Crippen molar-refractivity contribution in [3.63, 3.8) is 0 Å². The molecule has 2 aliphatic rings. The van der Waals surface area contributed by atoms with Crippen LogP contribution in [0.2, 0.25) is 0 Å². The molecule has 334 valence electrons. The Labute approximate surface area is 350 Å². The third-order valence-electron chi connectivity index (χ3n) is 8.65. The molecule has 0 aliphatic carbocycles. The number of aliphatic hydroxyl groups is 2. The minimum absolute atomic E-state index is 0.0329. The average Bonchev–Trinajstić information content (AvgIpc) is 3.89. The second kappa shape index (κ2) is 22.1. The van der Waals surface area contributed by atoms with Gasteiger partial charge < -0.3 is 50.9 Å². The lowest BCUT2D eigenvalue weighted by atomic mass is 9.87. The van der Waals surface area contributed by atoms with Gasteiger partial charge in [0.2, 0.25) is 11.8 Å². The summed E-state index contributed by atoms with van der Waals surface area (Å²) in [6.45, 7) is 0.568. The Balaban J connectivity index is 1.17. The van der Waals surface area contributed by atoms with Crippen LogP contribution < -0.4 is 16.4 Å². The van der Waals surface area contributed by atoms with Crippen LogP contribution in [0.5, 0.6) is 0 Å². The lowest BCUT2D eigenvalue weighted by Gasteiger charge is -2.30. The summed E-state index contributed by atoms with van der Waals surface area (Å²) in [6.07, 6.45) is -2.24. The van der Waals surface area contributed by atoms with Crippen LogP contribution in [0.1, 0.15) is 58.6 Å². The van der Waals surface area contributed by atoms with E-state index in [-0.39, 0.29) is 41.6 Å². The molecule has 0 radical (unpaired) electrons. The Morgan fingerprint density at radius 3 is 2.49 bits per heavy atom. The zero-order valence-electron chi connectivity index (χ0n) is 31.7. The maximum absolute atomic E-state index is 12.7. The van der Waals surface area contributed by atoms with E-state index < -0.39 is 84.6 Å². The van der Waals surface area contributed by atoms with Crippen LogP contribution in [0.3, 0.4) is 0 Å². The van der Waals surface area contributed by atoms with E-state index in [1.165, 1.54) is 26.0 Å². The van der Waals surface area contributed by atoms with Crippen LogP contribution in [-0.2, 0) is 50.7 Å². The van der Waals surface area contributed by atoms with Crippen molar-refractivity contribution in [1.29, 1.82) is 0 Å². The number of nitrogen functional groups attached to an aromatic ring is 1. The summed E-state index contributed by atoms with van der Waals surface area (Å²) in [5.41, 5.74) is 4.28. The average molecular weight is 956 g/mol. The molecular weight excluding hydrogens is 907 g/mol. The van der Waals surface area contributed by atoms with Gasteiger partial charge in [-0.25, -0.2) is 28.6 Å². The molecule has 30 heteroatoms. The number of thioether (sulfide) groups is 1. The zero-order chi connectivity index (χ0) is 43.6. The van der Waals surface area contributed by atoms with Gasteiger partial charge in [0.05, 0.1) is 19.5 Å². The fraction of sp³-hybridized carbons (Fsp3) is 0.724. The van der Waals surface area contributed by atoms with Gasteiger partial charge in [-0.3, -0.25) is 32.5 Å². The summed E-state index contributed by atoms with van der Waals surface area (Å²) in [4.78, 5) is 87.9. The minimum Gasteiger partial charge on any atom is -0.386 e. The number of phosphoric acid groups is 3. The Morgan fingerprint density at radius 1 is 1.07 bits per heavy atom. The van der Waals surface area contributed by atoms with Crippen LogP contribution in [0, 0.1) is 5.41 Å². The summed E-state index contributed by atoms with van der Waals surface area (Å²) < 4.78 is 62.2. The standard InChI is InChI=1S/C29H48N7O17P3S3/c1-29(2,24(40)27(41)32-9-7-19(37)31-10-12-57-20(38)6-4-3-5-17-8-11-58-59-17)14-50-56(47,48)53-55(45,46)49-13-18-23(52-54(42,43)44)22(39)28(51-18)36-16-35-21-25(30)33-15-34-26(21)36/h15-18,22-24,28,39-40H,3-14H2,1-2H3,(H,31,37)(H,32,41)(H,45,46)(H,47,48)(H2,30,33,34)(H2,42,43,44). The summed E-state index contributed by atoms with van der Waals surface area (Å²) >= 11 is 1.14. The van der Waals surface area contributed by atoms with Gasteiger partial charge in [0, 0.05) is 48.1 Å². The SMILES string of the molecule is CC(C)(COP(=O)(O)OP(=O)(O)OCC1OC(n2cnc3c(N)ncnc32)C(O)C1OP(=O)(O)O)C(O)C(=O)NCCC(=O)NCCSC(=O)CCCCC1CCSS1. The van der Waals surface area contributed by atoms with Crippen molar-refractivity contribution in [2.45, 2.75) is 88.3 Å². The van der Waals surface area contributed by atoms with Crippen molar-refractivity contribution < 1.29 is 80.5 Å². The number of aliphatic hydroxyl groups excluding tert-OH is 2. The Hall–Kier alpha value is -1.74. The summed E-state index contributed by atoms with van der Waals surface area (Å²) in [5, 5.41) is 27.2. The molecule has 0 saturated carbocycles. The van der Waals surface area contributed by atoms with Crippen LogP contribution >= 0.6 is 56.8 Å². The predicted octanol–water partition coefficient (Wildman–Crippen LogP) is 1.38. The number of nitrogens with one attached hydrogen (secondary N) is 2. The van der Waals surface area contributed by atoms with E-state index in [0.717, 1.165) is 48.2 Å². The molecule has 8 atom stereocenters. The highest BCUT2D eigenvalue weighted by molar-refractivity contribution is 8.77. The second-order valence-corrected chi connectivity index (χ2v) is 22.0. The summed E-state index contributed by atoms with van der Waals surface area (Å²) in [6, 6.07) is 0. The van der Waals surface area contributed by atoms with Crippen molar-refractivity contribution in [2.24, 2.45) is 5.41 Å². The number of amides is 2. The van der Waals surface area contributed by atoms with Gasteiger partial charge in [-0.05, 0) is 19.3 Å². The van der Waals surface area contributed by atoms with Crippen molar-refractivity contribution in [2.75, 3.05) is 43.5 Å². The number of unbranched alkanes of at least 4 members (excludes halogenated alkanes) is 1. The fourth-order valence-electron chi connectivity index (χ4n) is 5.57. The number of aromatic nitrogens is 4. The van der Waals surface area contributed by atoms with Gasteiger partial charge in [-0.2, -0.15) is 4.31 Å². The fourth-order valence-corrected chi connectivity index (χ4v) is 12.2. The molecule has 2 saturated heterocycles. The number of imidazole rings is 1. The van der Waals surface area contributed by atoms with Crippen molar-refractivity contribution in [1.82, 2.24) is 30.2 Å². The van der Waals surface area contributed by atoms with Crippen molar-refractivity contribution in [3.05, 3.63) is 12.7 Å². The molecule has 2 aromatic heterocycles. The number of nitrogens with two attached hydrogens (primary N) is 1. The molecule has 4 heterocycles. The first-order chi connectivity index (χ1) is 27.6. The molecule has 0 spiro atoms. The molecule has 2 aliphatic heterocycles. The van der Waals surface area contributed by atoms with Gasteiger partial charge in [0.25, 0.3) is 0 Å². The molecular formula is C29H48N7O17P3S3. The summed E-state index contributed by atoms with van der Waals surface area (Å²) in [7, 11) is -12.6. The van der Waals surface area contributed by atoms with E-state index in [0.29, 0.717) is 17.4 Å². The number of carbonyl (C=O) groups is 3. The first-order valence-electron chi connectivity index (χ1n) is 17.9. The van der Waals surface area contributed by atoms with Gasteiger partial charge in [0.1, 0.15) is 36.3 Å². The molecule has 2 fully saturated rings. The number of phosphoric ester groups is 3. The zero-order valence-corrected chi connectivity index (χ0v) is 36.8. The smallest absolute Gasteiger partial charge is 0.386 e. The van der Waals surface area contributed by atoms with Crippen molar-refractivity contribution in [3.8, 4) is 0 Å². The molecule has 24 nitrogen and oxygen atoms in total. The highest BCUT2D eigenvalue weighted by atomic mass is 33.1. The molecule has 2 amide bonds. The molecule has 0 bridgehead atoms. The minimum atomic E-state index is -5.57. The number of hydrogen-bond acceptors (Lipinski definition) is 20. The quantitative estimate of drug-likeness (QED) is 0.0408. The van der Waals surface area contributed by atoms with Gasteiger partial charge in [0.15, 0.2) is 22.8 Å². The van der Waals surface area contributed by atoms with Crippen molar-refractivity contribution >= 4 is 90.7 Å². The van der Waals surface area contributed by atoms with E-state index in [4.69, 9.17) is 19.5 Å². The number of anilines is 1. The largest absolute Gasteiger partial charge is 0.481 e. The molecule has 10 N–H and O–H groups in total. The maximum atomic E-state index is 12.7. The Morgan fingerprint density at radius 2 is 1.80 bits per heavy atom. The topological polar surface area (TPSA) is 364 Å². The Bertz CT molecular complexity index is 1910.